The molecule has 101 valence electrons. The molecule has 1 aliphatic rings. The van der Waals surface area contributed by atoms with Gasteiger partial charge in [-0.1, -0.05) is 6.92 Å². The maximum absolute atomic E-state index is 12.2. The zero-order valence-corrected chi connectivity index (χ0v) is 12.5. The second-order valence-electron chi connectivity index (χ2n) is 7.18. The fourth-order valence-electron chi connectivity index (χ4n) is 2.79. The number of nitrogens with zero attached hydrogens (tertiary/aromatic N) is 1. The lowest BCUT2D eigenvalue weighted by atomic mass is 9.80. The lowest BCUT2D eigenvalue weighted by Crippen LogP contribution is -2.60. The van der Waals surface area contributed by atoms with E-state index >= 15 is 0 Å². The maximum atomic E-state index is 12.2. The molecule has 0 aromatic carbocycles. The fraction of sp³-hybridized carbons (Fsp3) is 1.00. The van der Waals surface area contributed by atoms with Crippen molar-refractivity contribution in [2.75, 3.05) is 0 Å². The van der Waals surface area contributed by atoms with E-state index < -0.39 is 0 Å². The molecule has 0 spiro atoms. The van der Waals surface area contributed by atoms with Gasteiger partial charge in [-0.05, 0) is 60.8 Å². The Morgan fingerprint density at radius 3 is 1.94 bits per heavy atom. The summed E-state index contributed by atoms with van der Waals surface area (Å²) in [6.45, 7) is 14.4. The zero-order chi connectivity index (χ0) is 13.5. The van der Waals surface area contributed by atoms with Gasteiger partial charge < -0.3 is 4.74 Å². The highest BCUT2D eigenvalue weighted by molar-refractivity contribution is 4.97. The minimum absolute atomic E-state index is 0.0954. The van der Waals surface area contributed by atoms with Gasteiger partial charge >= 0.3 is 0 Å². The lowest BCUT2D eigenvalue weighted by molar-refractivity contribution is -0.306. The fourth-order valence-corrected chi connectivity index (χ4v) is 2.79. The van der Waals surface area contributed by atoms with Gasteiger partial charge in [-0.3, -0.25) is 0 Å². The number of ether oxygens (including phenoxy) is 1. The highest BCUT2D eigenvalue weighted by Crippen LogP contribution is 2.39. The second kappa shape index (κ2) is 4.52. The van der Waals surface area contributed by atoms with E-state index in [1.165, 1.54) is 5.06 Å². The molecule has 0 aromatic heterocycles. The molecule has 0 N–H and O–H groups in total. The van der Waals surface area contributed by atoms with Crippen molar-refractivity contribution in [2.24, 2.45) is 0 Å². The van der Waals surface area contributed by atoms with E-state index in [4.69, 9.17) is 4.74 Å². The molecule has 1 saturated heterocycles. The Kier molecular flexibility index (Phi) is 3.98. The van der Waals surface area contributed by atoms with Crippen LogP contribution in [-0.4, -0.2) is 27.8 Å². The van der Waals surface area contributed by atoms with E-state index in [1.54, 1.807) is 0 Å². The van der Waals surface area contributed by atoms with Crippen molar-refractivity contribution < 1.29 is 9.94 Å². The Morgan fingerprint density at radius 2 is 1.59 bits per heavy atom. The summed E-state index contributed by atoms with van der Waals surface area (Å²) in [5, 5.41) is 13.5. The molecule has 0 amide bonds. The molecule has 1 radical (unpaired) electrons. The van der Waals surface area contributed by atoms with Gasteiger partial charge in [-0.25, -0.2) is 0 Å². The van der Waals surface area contributed by atoms with Crippen LogP contribution in [0.4, 0.5) is 0 Å². The Balaban J connectivity index is 2.79. The van der Waals surface area contributed by atoms with Gasteiger partial charge in [0.25, 0.3) is 0 Å². The molecule has 0 saturated carbocycles. The van der Waals surface area contributed by atoms with Gasteiger partial charge in [-0.2, -0.15) is 0 Å². The van der Waals surface area contributed by atoms with Crippen LogP contribution in [0.1, 0.15) is 67.7 Å². The van der Waals surface area contributed by atoms with E-state index in [2.05, 4.69) is 20.8 Å². The first-order valence-corrected chi connectivity index (χ1v) is 6.65. The first-order chi connectivity index (χ1) is 7.50. The quantitative estimate of drug-likeness (QED) is 0.758. The van der Waals surface area contributed by atoms with Crippen molar-refractivity contribution in [1.29, 1.82) is 0 Å². The first kappa shape index (κ1) is 14.9. The van der Waals surface area contributed by atoms with Crippen LogP contribution in [0.2, 0.25) is 0 Å². The monoisotopic (exact) mass is 242 g/mol. The minimum atomic E-state index is -0.337. The van der Waals surface area contributed by atoms with Crippen LogP contribution in [0, 0.1) is 0 Å². The molecular weight excluding hydrogens is 214 g/mol. The van der Waals surface area contributed by atoms with Gasteiger partial charge in [0.1, 0.15) is 0 Å². The van der Waals surface area contributed by atoms with Crippen molar-refractivity contribution in [3.05, 3.63) is 0 Å². The van der Waals surface area contributed by atoms with Gasteiger partial charge in [0, 0.05) is 11.1 Å². The van der Waals surface area contributed by atoms with E-state index in [1.807, 2.05) is 27.7 Å². The molecule has 1 aliphatic heterocycles. The van der Waals surface area contributed by atoms with E-state index in [-0.39, 0.29) is 22.8 Å². The van der Waals surface area contributed by atoms with Crippen molar-refractivity contribution >= 4 is 0 Å². The van der Waals surface area contributed by atoms with Gasteiger partial charge in [-0.15, -0.1) is 10.3 Å². The Morgan fingerprint density at radius 1 is 1.18 bits per heavy atom. The standard InChI is InChI=1S/C14H28NO2/c1-8-14(6,7)17-11-9-12(2,3)15(16)13(4,5)10-11/h11H,8-10H2,1-7H3. The Labute approximate surface area is 106 Å². The number of hydrogen-bond acceptors (Lipinski definition) is 2. The largest absolute Gasteiger partial charge is 0.372 e. The molecule has 1 heterocycles. The third-order valence-corrected chi connectivity index (χ3v) is 3.89. The molecule has 1 fully saturated rings. The number of rotatable bonds is 3. The zero-order valence-electron chi connectivity index (χ0n) is 12.5. The summed E-state index contributed by atoms with van der Waals surface area (Å²) in [5.74, 6) is 0. The topological polar surface area (TPSA) is 32.4 Å². The molecule has 17 heavy (non-hydrogen) atoms. The first-order valence-electron chi connectivity index (χ1n) is 6.65. The third kappa shape index (κ3) is 3.43. The van der Waals surface area contributed by atoms with Crippen molar-refractivity contribution in [3.8, 4) is 0 Å². The summed E-state index contributed by atoms with van der Waals surface area (Å²) in [6, 6.07) is 0. The summed E-state index contributed by atoms with van der Waals surface area (Å²) < 4.78 is 6.18. The summed E-state index contributed by atoms with van der Waals surface area (Å²) >= 11 is 0. The van der Waals surface area contributed by atoms with Gasteiger partial charge in [0.15, 0.2) is 0 Å². The van der Waals surface area contributed by atoms with Gasteiger partial charge in [0.2, 0.25) is 0 Å². The lowest BCUT2D eigenvalue weighted by Gasteiger charge is -2.50. The summed E-state index contributed by atoms with van der Waals surface area (Å²) in [6.07, 6.45) is 2.79. The maximum Gasteiger partial charge on any atom is 0.0627 e. The van der Waals surface area contributed by atoms with Crippen molar-refractivity contribution in [2.45, 2.75) is 90.5 Å². The predicted molar refractivity (Wildman–Crippen MR) is 69.2 cm³/mol. The number of hydroxylamine groups is 2. The van der Waals surface area contributed by atoms with E-state index in [0.717, 1.165) is 19.3 Å². The van der Waals surface area contributed by atoms with Crippen molar-refractivity contribution in [1.82, 2.24) is 5.06 Å². The van der Waals surface area contributed by atoms with Crippen molar-refractivity contribution in [3.63, 3.8) is 0 Å². The minimum Gasteiger partial charge on any atom is -0.372 e. The SMILES string of the molecule is CCC(C)(C)OC1CC(C)(C)N([O])C(C)(C)C1. The molecule has 3 heteroatoms. The smallest absolute Gasteiger partial charge is 0.0627 e. The van der Waals surface area contributed by atoms with Crippen LogP contribution >= 0.6 is 0 Å². The number of piperidine rings is 1. The molecule has 1 rings (SSSR count). The van der Waals surface area contributed by atoms with Crippen LogP contribution in [0.15, 0.2) is 0 Å². The Hall–Kier alpha value is -0.120. The van der Waals surface area contributed by atoms with Crippen LogP contribution in [0.5, 0.6) is 0 Å². The molecule has 0 aromatic rings. The molecule has 0 atom stereocenters. The van der Waals surface area contributed by atoms with Crippen LogP contribution < -0.4 is 0 Å². The number of hydrogen-bond donors (Lipinski definition) is 0. The molecule has 3 nitrogen and oxygen atoms in total. The summed E-state index contributed by atoms with van der Waals surface area (Å²) in [5.41, 5.74) is -0.769. The second-order valence-corrected chi connectivity index (χ2v) is 7.18. The van der Waals surface area contributed by atoms with E-state index in [9.17, 15) is 5.21 Å². The normalized spacial score (nSPS) is 26.1. The highest BCUT2D eigenvalue weighted by atomic mass is 16.5. The predicted octanol–water partition coefficient (Wildman–Crippen LogP) is 3.56. The molecule has 0 bridgehead atoms. The van der Waals surface area contributed by atoms with Crippen LogP contribution in [-0.2, 0) is 9.94 Å². The average molecular weight is 242 g/mol. The molecule has 0 unspecified atom stereocenters. The Bertz CT molecular complexity index is 251. The summed E-state index contributed by atoms with van der Waals surface area (Å²) in [7, 11) is 0. The molecule has 0 aliphatic carbocycles. The molecular formula is C14H28NO2. The average Bonchev–Trinajstić information content (AvgIpc) is 2.12. The van der Waals surface area contributed by atoms with Gasteiger partial charge in [0.05, 0.1) is 11.7 Å². The highest BCUT2D eigenvalue weighted by Gasteiger charge is 2.47. The van der Waals surface area contributed by atoms with Crippen LogP contribution in [0.3, 0.4) is 0 Å². The van der Waals surface area contributed by atoms with E-state index in [0.29, 0.717) is 0 Å². The summed E-state index contributed by atoms with van der Waals surface area (Å²) in [4.78, 5) is 0. The third-order valence-electron chi connectivity index (χ3n) is 3.89. The van der Waals surface area contributed by atoms with Crippen LogP contribution in [0.25, 0.3) is 0 Å².